The highest BCUT2D eigenvalue weighted by Crippen LogP contribution is 2.21. The summed E-state index contributed by atoms with van der Waals surface area (Å²) in [5.74, 6) is 1.74. The lowest BCUT2D eigenvalue weighted by atomic mass is 10.1. The van der Waals surface area contributed by atoms with Crippen molar-refractivity contribution in [2.24, 2.45) is 0 Å². The van der Waals surface area contributed by atoms with Gasteiger partial charge in [0, 0.05) is 0 Å². The summed E-state index contributed by atoms with van der Waals surface area (Å²) >= 11 is 3.34. The van der Waals surface area contributed by atoms with Crippen LogP contribution in [0, 0.1) is 0 Å². The van der Waals surface area contributed by atoms with E-state index in [-0.39, 0.29) is 0 Å². The predicted molar refractivity (Wildman–Crippen MR) is 78.5 cm³/mol. The number of nitrogens with one attached hydrogen (secondary N) is 1. The van der Waals surface area contributed by atoms with Gasteiger partial charge in [-0.1, -0.05) is 46.3 Å². The van der Waals surface area contributed by atoms with E-state index in [1.54, 1.807) is 0 Å². The number of hydrogen-bond donors (Lipinski definition) is 1. The fraction of sp³-hybridized carbons (Fsp3) is 0.200. The Labute approximate surface area is 116 Å². The maximum atomic E-state index is 5.74. The van der Waals surface area contributed by atoms with Crippen molar-refractivity contribution in [2.75, 3.05) is 12.0 Å². The second-order valence-corrected chi connectivity index (χ2v) is 4.50. The lowest BCUT2D eigenvalue weighted by Crippen LogP contribution is -2.14. The Morgan fingerprint density at radius 3 is 2.22 bits per heavy atom. The molecule has 2 rings (SSSR count). The monoisotopic (exact) mass is 305 g/mol. The summed E-state index contributed by atoms with van der Waals surface area (Å²) in [7, 11) is 0. The molecule has 0 atom stereocenters. The van der Waals surface area contributed by atoms with Crippen molar-refractivity contribution in [2.45, 2.75) is 6.42 Å². The minimum atomic E-state index is 0.836. The molecule has 2 aromatic carbocycles. The molecule has 0 saturated carbocycles. The Morgan fingerprint density at radius 1 is 0.889 bits per heavy atom. The van der Waals surface area contributed by atoms with E-state index < -0.39 is 0 Å². The molecule has 0 spiro atoms. The van der Waals surface area contributed by atoms with Gasteiger partial charge < -0.3 is 10.1 Å². The van der Waals surface area contributed by atoms with E-state index in [1.165, 1.54) is 5.56 Å². The molecule has 0 aliphatic heterocycles. The van der Waals surface area contributed by atoms with E-state index in [0.717, 1.165) is 29.9 Å². The fourth-order valence-corrected chi connectivity index (χ4v) is 1.93. The summed E-state index contributed by atoms with van der Waals surface area (Å²) < 4.78 is 5.74. The van der Waals surface area contributed by atoms with Crippen LogP contribution in [0.15, 0.2) is 54.6 Å². The molecular weight excluding hydrogens is 290 g/mol. The van der Waals surface area contributed by atoms with Crippen LogP contribution in [0.3, 0.4) is 0 Å². The number of para-hydroxylation sites is 1. The molecule has 2 aromatic rings. The van der Waals surface area contributed by atoms with Crippen molar-refractivity contribution in [1.82, 2.24) is 5.32 Å². The quantitative estimate of drug-likeness (QED) is 0.495. The summed E-state index contributed by atoms with van der Waals surface area (Å²) in [6.07, 6.45) is 1.03. The maximum absolute atomic E-state index is 5.74. The first kappa shape index (κ1) is 13.1. The summed E-state index contributed by atoms with van der Waals surface area (Å²) in [4.78, 5) is 0. The van der Waals surface area contributed by atoms with Crippen molar-refractivity contribution in [1.29, 1.82) is 0 Å². The van der Waals surface area contributed by atoms with E-state index in [0.29, 0.717) is 0 Å². The second-order valence-electron chi connectivity index (χ2n) is 3.94. The zero-order valence-electron chi connectivity index (χ0n) is 10.1. The minimum Gasteiger partial charge on any atom is -0.457 e. The zero-order valence-corrected chi connectivity index (χ0v) is 11.7. The van der Waals surface area contributed by atoms with Crippen LogP contribution in [0.2, 0.25) is 0 Å². The third-order valence-electron chi connectivity index (χ3n) is 2.59. The number of hydrogen-bond acceptors (Lipinski definition) is 2. The van der Waals surface area contributed by atoms with Gasteiger partial charge in [-0.15, -0.1) is 0 Å². The van der Waals surface area contributed by atoms with Gasteiger partial charge in [0.15, 0.2) is 0 Å². The Bertz CT molecular complexity index is 456. The SMILES string of the molecule is BrCNCCc1ccc(Oc2ccccc2)cc1. The molecule has 18 heavy (non-hydrogen) atoms. The normalized spacial score (nSPS) is 10.3. The molecule has 0 amide bonds. The zero-order chi connectivity index (χ0) is 12.6. The van der Waals surface area contributed by atoms with Crippen LogP contribution in [0.4, 0.5) is 0 Å². The van der Waals surface area contributed by atoms with Crippen LogP contribution >= 0.6 is 15.9 Å². The number of rotatable bonds is 6. The molecule has 0 unspecified atom stereocenters. The van der Waals surface area contributed by atoms with Crippen molar-refractivity contribution in [3.05, 3.63) is 60.2 Å². The average Bonchev–Trinajstić information content (AvgIpc) is 2.42. The van der Waals surface area contributed by atoms with Crippen molar-refractivity contribution in [3.63, 3.8) is 0 Å². The molecule has 0 heterocycles. The van der Waals surface area contributed by atoms with Gasteiger partial charge in [0.2, 0.25) is 0 Å². The van der Waals surface area contributed by atoms with E-state index in [9.17, 15) is 0 Å². The number of ether oxygens (including phenoxy) is 1. The van der Waals surface area contributed by atoms with Crippen LogP contribution in [0.1, 0.15) is 5.56 Å². The summed E-state index contributed by atoms with van der Waals surface area (Å²) in [5.41, 5.74) is 2.14. The molecule has 2 nitrogen and oxygen atoms in total. The third kappa shape index (κ3) is 4.17. The van der Waals surface area contributed by atoms with E-state index in [2.05, 4.69) is 33.4 Å². The lowest BCUT2D eigenvalue weighted by molar-refractivity contribution is 0.482. The van der Waals surface area contributed by atoms with Crippen LogP contribution in [-0.4, -0.2) is 12.0 Å². The number of alkyl halides is 1. The van der Waals surface area contributed by atoms with Gasteiger partial charge in [0.05, 0.1) is 5.45 Å². The van der Waals surface area contributed by atoms with Gasteiger partial charge in [-0.25, -0.2) is 0 Å². The number of benzene rings is 2. The third-order valence-corrected chi connectivity index (χ3v) is 2.98. The minimum absolute atomic E-state index is 0.836. The van der Waals surface area contributed by atoms with Gasteiger partial charge in [-0.05, 0) is 42.8 Å². The van der Waals surface area contributed by atoms with E-state index >= 15 is 0 Å². The second kappa shape index (κ2) is 7.19. The highest BCUT2D eigenvalue weighted by atomic mass is 79.9. The summed E-state index contributed by atoms with van der Waals surface area (Å²) in [6.45, 7) is 0.976. The first-order valence-electron chi connectivity index (χ1n) is 5.97. The molecular formula is C15H16BrNO. The number of halogens is 1. The highest BCUT2D eigenvalue weighted by molar-refractivity contribution is 9.09. The van der Waals surface area contributed by atoms with Crippen LogP contribution < -0.4 is 10.1 Å². The van der Waals surface area contributed by atoms with E-state index in [4.69, 9.17) is 4.74 Å². The van der Waals surface area contributed by atoms with E-state index in [1.807, 2.05) is 42.5 Å². The molecule has 0 bridgehead atoms. The first-order valence-corrected chi connectivity index (χ1v) is 7.09. The average molecular weight is 306 g/mol. The largest absolute Gasteiger partial charge is 0.457 e. The molecule has 0 aromatic heterocycles. The lowest BCUT2D eigenvalue weighted by Gasteiger charge is -2.06. The van der Waals surface area contributed by atoms with Crippen LogP contribution in [0.5, 0.6) is 11.5 Å². The molecule has 94 valence electrons. The van der Waals surface area contributed by atoms with Gasteiger partial charge in [0.25, 0.3) is 0 Å². The van der Waals surface area contributed by atoms with Crippen molar-refractivity contribution in [3.8, 4) is 11.5 Å². The highest BCUT2D eigenvalue weighted by Gasteiger charge is 1.97. The Morgan fingerprint density at radius 2 is 1.56 bits per heavy atom. The Balaban J connectivity index is 1.91. The smallest absolute Gasteiger partial charge is 0.127 e. The Kier molecular flexibility index (Phi) is 5.24. The van der Waals surface area contributed by atoms with Crippen molar-refractivity contribution < 1.29 is 4.74 Å². The van der Waals surface area contributed by atoms with Gasteiger partial charge in [-0.2, -0.15) is 0 Å². The Hall–Kier alpha value is -1.32. The summed E-state index contributed by atoms with van der Waals surface area (Å²) in [6, 6.07) is 18.1. The van der Waals surface area contributed by atoms with Gasteiger partial charge >= 0.3 is 0 Å². The molecule has 0 aliphatic rings. The fourth-order valence-electron chi connectivity index (χ4n) is 1.65. The van der Waals surface area contributed by atoms with Crippen LogP contribution in [0.25, 0.3) is 0 Å². The molecule has 0 aliphatic carbocycles. The molecule has 0 saturated heterocycles. The predicted octanol–water partition coefficient (Wildman–Crippen LogP) is 3.96. The van der Waals surface area contributed by atoms with Gasteiger partial charge in [0.1, 0.15) is 11.5 Å². The van der Waals surface area contributed by atoms with Gasteiger partial charge in [-0.3, -0.25) is 0 Å². The maximum Gasteiger partial charge on any atom is 0.127 e. The molecule has 3 heteroatoms. The topological polar surface area (TPSA) is 21.3 Å². The van der Waals surface area contributed by atoms with Crippen LogP contribution in [-0.2, 0) is 6.42 Å². The first-order chi connectivity index (χ1) is 8.88. The summed E-state index contributed by atoms with van der Waals surface area (Å²) in [5, 5.41) is 3.24. The van der Waals surface area contributed by atoms with Crippen molar-refractivity contribution >= 4 is 15.9 Å². The standard InChI is InChI=1S/C15H16BrNO/c16-12-17-11-10-13-6-8-15(9-7-13)18-14-4-2-1-3-5-14/h1-9,17H,10-12H2. The molecule has 1 N–H and O–H groups in total. The molecule has 0 radical (unpaired) electrons. The molecule has 0 fully saturated rings.